The predicted molar refractivity (Wildman–Crippen MR) is 110 cm³/mol. The van der Waals surface area contributed by atoms with Crippen LogP contribution in [0.5, 0.6) is 0 Å². The summed E-state index contributed by atoms with van der Waals surface area (Å²) in [5, 5.41) is 5.76. The molecule has 1 atom stereocenters. The number of thioether (sulfide) groups is 1. The van der Waals surface area contributed by atoms with E-state index in [4.69, 9.17) is 0 Å². The number of rotatable bonds is 7. The highest BCUT2D eigenvalue weighted by atomic mass is 32.2. The maximum atomic E-state index is 12.7. The lowest BCUT2D eigenvalue weighted by molar-refractivity contribution is -0.114. The van der Waals surface area contributed by atoms with Crippen LogP contribution in [0.3, 0.4) is 0 Å². The fraction of sp³-hybridized carbons (Fsp3) is 0.250. The molecule has 3 rings (SSSR count). The molecule has 27 heavy (non-hydrogen) atoms. The molecule has 0 aliphatic carbocycles. The number of anilines is 1. The molecule has 0 fully saturated rings. The van der Waals surface area contributed by atoms with Crippen molar-refractivity contribution in [3.05, 3.63) is 59.9 Å². The summed E-state index contributed by atoms with van der Waals surface area (Å²) in [6.45, 7) is 1.45. The van der Waals surface area contributed by atoms with Gasteiger partial charge in [-0.05, 0) is 54.8 Å². The van der Waals surface area contributed by atoms with E-state index in [-0.39, 0.29) is 17.9 Å². The third-order valence-electron chi connectivity index (χ3n) is 4.12. The second-order valence-corrected chi connectivity index (χ2v) is 7.19. The maximum absolute atomic E-state index is 12.7. The van der Waals surface area contributed by atoms with Gasteiger partial charge in [0.15, 0.2) is 0 Å². The summed E-state index contributed by atoms with van der Waals surface area (Å²) in [6, 6.07) is 14.4. The van der Waals surface area contributed by atoms with Gasteiger partial charge in [-0.3, -0.25) is 9.59 Å². The van der Waals surface area contributed by atoms with E-state index >= 15 is 0 Å². The molecule has 3 aromatic rings. The number of fused-ring (bicyclic) bond motifs is 1. The average molecular weight is 382 g/mol. The zero-order chi connectivity index (χ0) is 19.2. The van der Waals surface area contributed by atoms with Gasteiger partial charge in [-0.25, -0.2) is 4.98 Å². The number of hydrogen-bond acceptors (Lipinski definition) is 4. The summed E-state index contributed by atoms with van der Waals surface area (Å²) < 4.78 is 0. The summed E-state index contributed by atoms with van der Waals surface area (Å²) in [7, 11) is 0. The van der Waals surface area contributed by atoms with Crippen molar-refractivity contribution in [2.45, 2.75) is 19.4 Å². The molecule has 1 heterocycles. The first-order valence-corrected chi connectivity index (χ1v) is 10.1. The predicted octanol–water partition coefficient (Wildman–Crippen LogP) is 3.75. The fourth-order valence-electron chi connectivity index (χ4n) is 2.80. The first kappa shape index (κ1) is 19.0. The Labute approximate surface area is 162 Å². The highest BCUT2D eigenvalue weighted by Crippen LogP contribution is 2.21. The minimum absolute atomic E-state index is 0.144. The number of amides is 2. The SMILES string of the molecule is CSCC[C@@H](NC(=O)c1ccc(NC(C)=O)cc1)c1nc2ccccc2[nH]1. The summed E-state index contributed by atoms with van der Waals surface area (Å²) in [5.74, 6) is 1.35. The van der Waals surface area contributed by atoms with Gasteiger partial charge in [0.2, 0.25) is 5.91 Å². The van der Waals surface area contributed by atoms with Crippen molar-refractivity contribution < 1.29 is 9.59 Å². The van der Waals surface area contributed by atoms with E-state index in [1.54, 1.807) is 36.0 Å². The van der Waals surface area contributed by atoms with Crippen LogP contribution in [0.1, 0.15) is 35.6 Å². The van der Waals surface area contributed by atoms with Crippen molar-refractivity contribution in [2.24, 2.45) is 0 Å². The van der Waals surface area contributed by atoms with Gasteiger partial charge in [-0.15, -0.1) is 0 Å². The number of aromatic nitrogens is 2. The van der Waals surface area contributed by atoms with Crippen LogP contribution in [0, 0.1) is 0 Å². The van der Waals surface area contributed by atoms with Gasteiger partial charge in [-0.1, -0.05) is 12.1 Å². The second-order valence-electron chi connectivity index (χ2n) is 6.21. The van der Waals surface area contributed by atoms with Gasteiger partial charge in [0.1, 0.15) is 5.82 Å². The molecule has 0 aliphatic heterocycles. The lowest BCUT2D eigenvalue weighted by atomic mass is 10.1. The van der Waals surface area contributed by atoms with Crippen LogP contribution in [0.4, 0.5) is 5.69 Å². The smallest absolute Gasteiger partial charge is 0.251 e. The number of H-pyrrole nitrogens is 1. The zero-order valence-electron chi connectivity index (χ0n) is 15.3. The molecule has 3 N–H and O–H groups in total. The van der Waals surface area contributed by atoms with E-state index < -0.39 is 0 Å². The van der Waals surface area contributed by atoms with Crippen LogP contribution in [-0.2, 0) is 4.79 Å². The zero-order valence-corrected chi connectivity index (χ0v) is 16.1. The minimum atomic E-state index is -0.202. The maximum Gasteiger partial charge on any atom is 0.251 e. The number of nitrogens with one attached hydrogen (secondary N) is 3. The lowest BCUT2D eigenvalue weighted by Gasteiger charge is -2.16. The molecule has 1 aromatic heterocycles. The van der Waals surface area contributed by atoms with E-state index in [0.29, 0.717) is 11.3 Å². The number of hydrogen-bond donors (Lipinski definition) is 3. The van der Waals surface area contributed by atoms with Crippen LogP contribution < -0.4 is 10.6 Å². The van der Waals surface area contributed by atoms with Gasteiger partial charge < -0.3 is 15.6 Å². The molecule has 7 heteroatoms. The Kier molecular flexibility index (Phi) is 6.13. The number of nitrogens with zero attached hydrogens (tertiary/aromatic N) is 1. The highest BCUT2D eigenvalue weighted by Gasteiger charge is 2.19. The molecule has 0 bridgehead atoms. The van der Waals surface area contributed by atoms with Crippen molar-refractivity contribution in [3.63, 3.8) is 0 Å². The number of carbonyl (C=O) groups excluding carboxylic acids is 2. The van der Waals surface area contributed by atoms with Gasteiger partial charge in [0.05, 0.1) is 17.1 Å². The third-order valence-corrected chi connectivity index (χ3v) is 4.77. The van der Waals surface area contributed by atoms with Gasteiger partial charge in [-0.2, -0.15) is 11.8 Å². The topological polar surface area (TPSA) is 86.9 Å². The molecule has 2 amide bonds. The number of para-hydroxylation sites is 2. The summed E-state index contributed by atoms with van der Waals surface area (Å²) in [4.78, 5) is 31.7. The minimum Gasteiger partial charge on any atom is -0.342 e. The third kappa shape index (κ3) is 4.89. The largest absolute Gasteiger partial charge is 0.342 e. The van der Waals surface area contributed by atoms with E-state index in [1.807, 2.05) is 30.5 Å². The Balaban J connectivity index is 1.77. The summed E-state index contributed by atoms with van der Waals surface area (Å²) in [6.07, 6.45) is 2.81. The molecule has 0 spiro atoms. The number of imidazole rings is 1. The Hall–Kier alpha value is -2.80. The van der Waals surface area contributed by atoms with E-state index in [9.17, 15) is 9.59 Å². The summed E-state index contributed by atoms with van der Waals surface area (Å²) in [5.41, 5.74) is 3.04. The van der Waals surface area contributed by atoms with Crippen LogP contribution >= 0.6 is 11.8 Å². The van der Waals surface area contributed by atoms with Crippen molar-refractivity contribution in [1.29, 1.82) is 0 Å². The molecule has 0 unspecified atom stereocenters. The Bertz CT molecular complexity index is 904. The Morgan fingerprint density at radius 3 is 2.56 bits per heavy atom. The molecule has 140 valence electrons. The molecule has 0 saturated heterocycles. The molecule has 0 saturated carbocycles. The highest BCUT2D eigenvalue weighted by molar-refractivity contribution is 7.98. The van der Waals surface area contributed by atoms with Crippen LogP contribution in [0.15, 0.2) is 48.5 Å². The van der Waals surface area contributed by atoms with Crippen LogP contribution in [-0.4, -0.2) is 33.8 Å². The molecular weight excluding hydrogens is 360 g/mol. The van der Waals surface area contributed by atoms with Crippen molar-refractivity contribution in [3.8, 4) is 0 Å². The first-order chi connectivity index (χ1) is 13.1. The average Bonchev–Trinajstić information content (AvgIpc) is 3.09. The van der Waals surface area contributed by atoms with Gasteiger partial charge in [0, 0.05) is 18.2 Å². The normalized spacial score (nSPS) is 11.9. The number of benzene rings is 2. The second kappa shape index (κ2) is 8.73. The standard InChI is InChI=1S/C20H22N4O2S/c1-13(25)21-15-9-7-14(8-10-15)20(26)24-18(11-12-27-2)19-22-16-5-3-4-6-17(16)23-19/h3-10,18H,11-12H2,1-2H3,(H,21,25)(H,22,23)(H,24,26)/t18-/m1/s1. The molecule has 6 nitrogen and oxygen atoms in total. The molecule has 0 aliphatic rings. The van der Waals surface area contributed by atoms with E-state index in [2.05, 4.69) is 20.6 Å². The molecule has 2 aromatic carbocycles. The number of carbonyl (C=O) groups is 2. The Morgan fingerprint density at radius 2 is 1.89 bits per heavy atom. The lowest BCUT2D eigenvalue weighted by Crippen LogP contribution is -2.29. The van der Waals surface area contributed by atoms with E-state index in [1.165, 1.54) is 6.92 Å². The monoisotopic (exact) mass is 382 g/mol. The van der Waals surface area contributed by atoms with E-state index in [0.717, 1.165) is 29.0 Å². The quantitative estimate of drug-likeness (QED) is 0.581. The molecular formula is C20H22N4O2S. The number of aromatic amines is 1. The first-order valence-electron chi connectivity index (χ1n) is 8.69. The van der Waals surface area contributed by atoms with Crippen LogP contribution in [0.25, 0.3) is 11.0 Å². The van der Waals surface area contributed by atoms with Gasteiger partial charge >= 0.3 is 0 Å². The van der Waals surface area contributed by atoms with Crippen molar-refractivity contribution in [2.75, 3.05) is 17.3 Å². The Morgan fingerprint density at radius 1 is 1.15 bits per heavy atom. The molecule has 0 radical (unpaired) electrons. The fourth-order valence-corrected chi connectivity index (χ4v) is 3.27. The summed E-state index contributed by atoms with van der Waals surface area (Å²) >= 11 is 1.73. The van der Waals surface area contributed by atoms with Crippen LogP contribution in [0.2, 0.25) is 0 Å². The van der Waals surface area contributed by atoms with Crippen molar-refractivity contribution in [1.82, 2.24) is 15.3 Å². The van der Waals surface area contributed by atoms with Crippen molar-refractivity contribution >= 4 is 40.3 Å². The van der Waals surface area contributed by atoms with Gasteiger partial charge in [0.25, 0.3) is 5.91 Å².